The van der Waals surface area contributed by atoms with Gasteiger partial charge in [-0.15, -0.1) is 0 Å². The van der Waals surface area contributed by atoms with Crippen LogP contribution in [0.5, 0.6) is 0 Å². The predicted molar refractivity (Wildman–Crippen MR) is 74.1 cm³/mol. The van der Waals surface area contributed by atoms with Crippen molar-refractivity contribution in [1.82, 2.24) is 4.98 Å². The van der Waals surface area contributed by atoms with Gasteiger partial charge in [-0.05, 0) is 37.8 Å². The van der Waals surface area contributed by atoms with E-state index in [4.69, 9.17) is 4.74 Å². The molecule has 1 aromatic heterocycles. The number of carbonyl (C=O) groups is 1. The van der Waals surface area contributed by atoms with Crippen molar-refractivity contribution in [1.29, 1.82) is 0 Å². The number of fused-ring (bicyclic) bond motifs is 1. The van der Waals surface area contributed by atoms with Crippen molar-refractivity contribution in [2.45, 2.75) is 31.8 Å². The lowest BCUT2D eigenvalue weighted by Crippen LogP contribution is -2.20. The summed E-state index contributed by atoms with van der Waals surface area (Å²) in [4.78, 5) is 16.0. The summed E-state index contributed by atoms with van der Waals surface area (Å²) in [5.74, 6) is 0. The van der Waals surface area contributed by atoms with E-state index in [1.54, 1.807) is 6.20 Å². The smallest absolute Gasteiger partial charge is 0.411 e. The van der Waals surface area contributed by atoms with Crippen LogP contribution in [0.4, 0.5) is 10.5 Å². The SMILES string of the molecule is O=C(Nc1cnc2ccccc2c1)OC1CCCC1. The van der Waals surface area contributed by atoms with E-state index >= 15 is 0 Å². The Balaban J connectivity index is 1.68. The summed E-state index contributed by atoms with van der Waals surface area (Å²) in [6.45, 7) is 0. The van der Waals surface area contributed by atoms with Crippen molar-refractivity contribution < 1.29 is 9.53 Å². The van der Waals surface area contributed by atoms with Gasteiger partial charge >= 0.3 is 6.09 Å². The van der Waals surface area contributed by atoms with Crippen LogP contribution >= 0.6 is 0 Å². The van der Waals surface area contributed by atoms with E-state index in [2.05, 4.69) is 10.3 Å². The summed E-state index contributed by atoms with van der Waals surface area (Å²) in [5.41, 5.74) is 1.58. The highest BCUT2D eigenvalue weighted by Gasteiger charge is 2.19. The molecular weight excluding hydrogens is 240 g/mol. The Labute approximate surface area is 111 Å². The molecule has 1 aliphatic carbocycles. The number of ether oxygens (including phenoxy) is 1. The fourth-order valence-electron chi connectivity index (χ4n) is 2.44. The van der Waals surface area contributed by atoms with Crippen molar-refractivity contribution in [2.24, 2.45) is 0 Å². The molecule has 98 valence electrons. The number of anilines is 1. The number of hydrogen-bond donors (Lipinski definition) is 1. The first-order chi connectivity index (χ1) is 9.31. The van der Waals surface area contributed by atoms with Crippen molar-refractivity contribution >= 4 is 22.7 Å². The molecule has 0 aliphatic heterocycles. The number of hydrogen-bond acceptors (Lipinski definition) is 3. The van der Waals surface area contributed by atoms with Gasteiger partial charge in [-0.25, -0.2) is 4.79 Å². The normalized spacial score (nSPS) is 15.6. The van der Waals surface area contributed by atoms with Crippen LogP contribution in [0.25, 0.3) is 10.9 Å². The van der Waals surface area contributed by atoms with Crippen LogP contribution in [0.15, 0.2) is 36.5 Å². The van der Waals surface area contributed by atoms with E-state index in [1.165, 1.54) is 0 Å². The van der Waals surface area contributed by atoms with Crippen LogP contribution in [0, 0.1) is 0 Å². The molecule has 0 spiro atoms. The number of benzene rings is 1. The first kappa shape index (κ1) is 12.0. The van der Waals surface area contributed by atoms with E-state index in [0.29, 0.717) is 5.69 Å². The molecule has 1 N–H and O–H groups in total. The number of amides is 1. The van der Waals surface area contributed by atoms with Crippen LogP contribution in [-0.2, 0) is 4.74 Å². The summed E-state index contributed by atoms with van der Waals surface area (Å²) in [7, 11) is 0. The molecule has 1 saturated carbocycles. The number of carbonyl (C=O) groups excluding carboxylic acids is 1. The molecule has 4 heteroatoms. The van der Waals surface area contributed by atoms with Gasteiger partial charge in [0, 0.05) is 5.39 Å². The number of nitrogens with one attached hydrogen (secondary N) is 1. The average molecular weight is 256 g/mol. The van der Waals surface area contributed by atoms with Crippen LogP contribution in [0.3, 0.4) is 0 Å². The Morgan fingerprint density at radius 3 is 2.89 bits per heavy atom. The quantitative estimate of drug-likeness (QED) is 0.890. The summed E-state index contributed by atoms with van der Waals surface area (Å²) in [5, 5.41) is 3.74. The second-order valence-corrected chi connectivity index (χ2v) is 4.85. The minimum absolute atomic E-state index is 0.0772. The zero-order valence-electron chi connectivity index (χ0n) is 10.6. The third-order valence-corrected chi connectivity index (χ3v) is 3.41. The third-order valence-electron chi connectivity index (χ3n) is 3.41. The van der Waals surface area contributed by atoms with E-state index in [0.717, 1.165) is 36.6 Å². The Morgan fingerprint density at radius 1 is 1.26 bits per heavy atom. The molecule has 2 aromatic rings. The molecule has 1 aromatic carbocycles. The molecule has 0 atom stereocenters. The Morgan fingerprint density at radius 2 is 2.05 bits per heavy atom. The van der Waals surface area contributed by atoms with E-state index < -0.39 is 0 Å². The Hall–Kier alpha value is -2.10. The number of pyridine rings is 1. The van der Waals surface area contributed by atoms with Crippen LogP contribution in [0.2, 0.25) is 0 Å². The lowest BCUT2D eigenvalue weighted by Gasteiger charge is -2.12. The maximum atomic E-state index is 11.7. The fraction of sp³-hybridized carbons (Fsp3) is 0.333. The molecule has 1 amide bonds. The van der Waals surface area contributed by atoms with E-state index in [-0.39, 0.29) is 12.2 Å². The van der Waals surface area contributed by atoms with Gasteiger partial charge in [0.2, 0.25) is 0 Å². The fourth-order valence-corrected chi connectivity index (χ4v) is 2.44. The van der Waals surface area contributed by atoms with Crippen LogP contribution < -0.4 is 5.32 Å². The second-order valence-electron chi connectivity index (χ2n) is 4.85. The van der Waals surface area contributed by atoms with Gasteiger partial charge in [0.1, 0.15) is 6.10 Å². The molecule has 1 heterocycles. The molecule has 4 nitrogen and oxygen atoms in total. The number of rotatable bonds is 2. The molecular formula is C15H16N2O2. The standard InChI is InChI=1S/C15H16N2O2/c18-15(19-13-6-2-3-7-13)17-12-9-11-5-1-4-8-14(11)16-10-12/h1,4-5,8-10,13H,2-3,6-7H2,(H,17,18). The summed E-state index contributed by atoms with van der Waals surface area (Å²) >= 11 is 0. The van der Waals surface area contributed by atoms with Gasteiger partial charge in [0.25, 0.3) is 0 Å². The van der Waals surface area contributed by atoms with Crippen molar-refractivity contribution in [3.05, 3.63) is 36.5 Å². The number of aromatic nitrogens is 1. The van der Waals surface area contributed by atoms with Gasteiger partial charge < -0.3 is 4.74 Å². The highest BCUT2D eigenvalue weighted by atomic mass is 16.6. The Bertz CT molecular complexity index is 591. The average Bonchev–Trinajstić information content (AvgIpc) is 2.91. The molecule has 1 aliphatic rings. The zero-order valence-corrected chi connectivity index (χ0v) is 10.6. The van der Waals surface area contributed by atoms with Gasteiger partial charge in [0.05, 0.1) is 17.4 Å². The van der Waals surface area contributed by atoms with Gasteiger partial charge in [0.15, 0.2) is 0 Å². The molecule has 3 rings (SSSR count). The van der Waals surface area contributed by atoms with Crippen LogP contribution in [-0.4, -0.2) is 17.2 Å². The zero-order chi connectivity index (χ0) is 13.1. The predicted octanol–water partition coefficient (Wildman–Crippen LogP) is 3.73. The molecule has 0 bridgehead atoms. The molecule has 0 saturated heterocycles. The Kier molecular flexibility index (Phi) is 3.31. The minimum atomic E-state index is -0.385. The maximum absolute atomic E-state index is 11.7. The lowest BCUT2D eigenvalue weighted by molar-refractivity contribution is 0.114. The third kappa shape index (κ3) is 2.84. The van der Waals surface area contributed by atoms with Crippen LogP contribution in [0.1, 0.15) is 25.7 Å². The maximum Gasteiger partial charge on any atom is 0.411 e. The minimum Gasteiger partial charge on any atom is -0.446 e. The van der Waals surface area contributed by atoms with Gasteiger partial charge in [-0.2, -0.15) is 0 Å². The van der Waals surface area contributed by atoms with Gasteiger partial charge in [-0.3, -0.25) is 10.3 Å². The first-order valence-electron chi connectivity index (χ1n) is 6.64. The number of para-hydroxylation sites is 1. The molecule has 19 heavy (non-hydrogen) atoms. The molecule has 1 fully saturated rings. The molecule has 0 radical (unpaired) electrons. The first-order valence-corrected chi connectivity index (χ1v) is 6.64. The number of nitrogens with zero attached hydrogens (tertiary/aromatic N) is 1. The topological polar surface area (TPSA) is 51.2 Å². The lowest BCUT2D eigenvalue weighted by atomic mass is 10.2. The summed E-state index contributed by atoms with van der Waals surface area (Å²) in [6.07, 6.45) is 5.59. The van der Waals surface area contributed by atoms with E-state index in [9.17, 15) is 4.79 Å². The van der Waals surface area contributed by atoms with Crippen molar-refractivity contribution in [2.75, 3.05) is 5.32 Å². The van der Waals surface area contributed by atoms with Crippen molar-refractivity contribution in [3.8, 4) is 0 Å². The highest BCUT2D eigenvalue weighted by Crippen LogP contribution is 2.22. The largest absolute Gasteiger partial charge is 0.446 e. The summed E-state index contributed by atoms with van der Waals surface area (Å²) in [6, 6.07) is 9.70. The van der Waals surface area contributed by atoms with Crippen molar-refractivity contribution in [3.63, 3.8) is 0 Å². The second kappa shape index (κ2) is 5.26. The monoisotopic (exact) mass is 256 g/mol. The molecule has 0 unspecified atom stereocenters. The van der Waals surface area contributed by atoms with Gasteiger partial charge in [-0.1, -0.05) is 18.2 Å². The highest BCUT2D eigenvalue weighted by molar-refractivity contribution is 5.89. The summed E-state index contributed by atoms with van der Waals surface area (Å²) < 4.78 is 5.35. The van der Waals surface area contributed by atoms with E-state index in [1.807, 2.05) is 30.3 Å².